The van der Waals surface area contributed by atoms with Crippen LogP contribution in [0.2, 0.25) is 0 Å². The van der Waals surface area contributed by atoms with E-state index < -0.39 is 0 Å². The van der Waals surface area contributed by atoms with Crippen LogP contribution in [0.3, 0.4) is 0 Å². The van der Waals surface area contributed by atoms with E-state index in [9.17, 15) is 4.39 Å². The van der Waals surface area contributed by atoms with E-state index in [4.69, 9.17) is 10.5 Å². The molecule has 2 nitrogen and oxygen atoms in total. The molecule has 0 radical (unpaired) electrons. The molecule has 1 aromatic rings. The normalized spacial score (nSPS) is 19.2. The molecule has 4 heteroatoms. The zero-order valence-electron chi connectivity index (χ0n) is 7.92. The van der Waals surface area contributed by atoms with Gasteiger partial charge in [0.25, 0.3) is 0 Å². The Morgan fingerprint density at radius 3 is 2.93 bits per heavy atom. The number of ether oxygens (including phenoxy) is 1. The fourth-order valence-electron chi connectivity index (χ4n) is 1.55. The Balaban J connectivity index is 0.000000980. The minimum Gasteiger partial charge on any atom is -0.490 e. The molecular weight excluding hydrogens is 205 g/mol. The van der Waals surface area contributed by atoms with Crippen LogP contribution in [0.1, 0.15) is 23.6 Å². The highest BCUT2D eigenvalue weighted by molar-refractivity contribution is 5.85. The summed E-state index contributed by atoms with van der Waals surface area (Å²) in [5, 5.41) is 0. The number of hydrogen-bond donors (Lipinski definition) is 1. The van der Waals surface area contributed by atoms with Crippen LogP contribution in [0, 0.1) is 12.7 Å². The van der Waals surface area contributed by atoms with Crippen LogP contribution in [0.25, 0.3) is 0 Å². The molecule has 1 heterocycles. The molecule has 0 bridgehead atoms. The van der Waals surface area contributed by atoms with Crippen LogP contribution in [0.15, 0.2) is 12.1 Å². The Bertz CT molecular complexity index is 343. The van der Waals surface area contributed by atoms with E-state index in [1.54, 1.807) is 13.0 Å². The molecule has 1 aliphatic heterocycles. The molecule has 1 aliphatic rings. The Morgan fingerprint density at radius 1 is 1.50 bits per heavy atom. The summed E-state index contributed by atoms with van der Waals surface area (Å²) in [5.41, 5.74) is 7.21. The summed E-state index contributed by atoms with van der Waals surface area (Å²) in [4.78, 5) is 0. The van der Waals surface area contributed by atoms with Crippen molar-refractivity contribution in [2.24, 2.45) is 5.73 Å². The van der Waals surface area contributed by atoms with Gasteiger partial charge in [-0.3, -0.25) is 0 Å². The van der Waals surface area contributed by atoms with Gasteiger partial charge >= 0.3 is 0 Å². The molecule has 0 saturated heterocycles. The van der Waals surface area contributed by atoms with Crippen molar-refractivity contribution in [1.29, 1.82) is 0 Å². The van der Waals surface area contributed by atoms with Gasteiger partial charge in [0.05, 0.1) is 6.61 Å². The second kappa shape index (κ2) is 4.15. The summed E-state index contributed by atoms with van der Waals surface area (Å²) in [6, 6.07) is 3.50. The summed E-state index contributed by atoms with van der Waals surface area (Å²) < 4.78 is 18.7. The fraction of sp³-hybridized carbons (Fsp3) is 0.400. The molecule has 0 aliphatic carbocycles. The van der Waals surface area contributed by atoms with Gasteiger partial charge in [-0.2, -0.15) is 0 Å². The average Bonchev–Trinajstić information content (AvgIpc) is 2.12. The van der Waals surface area contributed by atoms with Crippen molar-refractivity contribution in [2.75, 3.05) is 6.61 Å². The molecule has 2 N–H and O–H groups in total. The first-order valence-electron chi connectivity index (χ1n) is 4.37. The molecular formula is C10H13ClFNO. The van der Waals surface area contributed by atoms with Crippen LogP contribution >= 0.6 is 12.4 Å². The lowest BCUT2D eigenvalue weighted by Crippen LogP contribution is -2.21. The Hall–Kier alpha value is -0.800. The van der Waals surface area contributed by atoms with Gasteiger partial charge in [0.15, 0.2) is 11.6 Å². The van der Waals surface area contributed by atoms with E-state index in [1.807, 2.05) is 6.07 Å². The van der Waals surface area contributed by atoms with Crippen LogP contribution < -0.4 is 10.5 Å². The fourth-order valence-corrected chi connectivity index (χ4v) is 1.55. The Kier molecular flexibility index (Phi) is 3.34. The summed E-state index contributed by atoms with van der Waals surface area (Å²) in [6.45, 7) is 2.23. The van der Waals surface area contributed by atoms with Gasteiger partial charge in [-0.25, -0.2) is 4.39 Å². The predicted octanol–water partition coefficient (Wildman–Crippen LogP) is 2.34. The lowest BCUT2D eigenvalue weighted by molar-refractivity contribution is 0.255. The minimum atomic E-state index is -0.271. The third-order valence-electron chi connectivity index (χ3n) is 2.40. The number of nitrogens with two attached hydrogens (primary N) is 1. The highest BCUT2D eigenvalue weighted by atomic mass is 35.5. The first kappa shape index (κ1) is 11.3. The molecule has 0 saturated carbocycles. The molecule has 0 aromatic heterocycles. The van der Waals surface area contributed by atoms with Gasteiger partial charge in [0.2, 0.25) is 0 Å². The van der Waals surface area contributed by atoms with Crippen molar-refractivity contribution in [1.82, 2.24) is 0 Å². The zero-order valence-corrected chi connectivity index (χ0v) is 8.73. The molecule has 78 valence electrons. The maximum Gasteiger partial charge on any atom is 0.168 e. The molecule has 0 fully saturated rings. The SMILES string of the molecule is Cc1ccc2c(c1F)OCC[C@H]2N.Cl. The van der Waals surface area contributed by atoms with Gasteiger partial charge in [-0.15, -0.1) is 12.4 Å². The van der Waals surface area contributed by atoms with Gasteiger partial charge in [0, 0.05) is 18.0 Å². The van der Waals surface area contributed by atoms with Crippen molar-refractivity contribution in [2.45, 2.75) is 19.4 Å². The molecule has 0 amide bonds. The topological polar surface area (TPSA) is 35.2 Å². The molecule has 0 unspecified atom stereocenters. The van der Waals surface area contributed by atoms with Crippen molar-refractivity contribution in [3.63, 3.8) is 0 Å². The summed E-state index contributed by atoms with van der Waals surface area (Å²) in [7, 11) is 0. The standard InChI is InChI=1S/C10H12FNO.ClH/c1-6-2-3-7-8(12)4-5-13-10(7)9(6)11;/h2-3,8H,4-5,12H2,1H3;1H/t8-;/m1./s1. The summed E-state index contributed by atoms with van der Waals surface area (Å²) in [6.07, 6.45) is 0.759. The highest BCUT2D eigenvalue weighted by Crippen LogP contribution is 2.33. The molecule has 14 heavy (non-hydrogen) atoms. The van der Waals surface area contributed by atoms with Gasteiger partial charge in [0.1, 0.15) is 0 Å². The minimum absolute atomic E-state index is 0. The second-order valence-electron chi connectivity index (χ2n) is 3.36. The monoisotopic (exact) mass is 217 g/mol. The van der Waals surface area contributed by atoms with E-state index in [0.29, 0.717) is 17.9 Å². The number of hydrogen-bond acceptors (Lipinski definition) is 2. The van der Waals surface area contributed by atoms with Crippen molar-refractivity contribution < 1.29 is 9.13 Å². The van der Waals surface area contributed by atoms with Crippen LogP contribution in [-0.2, 0) is 0 Å². The largest absolute Gasteiger partial charge is 0.490 e. The quantitative estimate of drug-likeness (QED) is 0.724. The Morgan fingerprint density at radius 2 is 2.21 bits per heavy atom. The second-order valence-corrected chi connectivity index (χ2v) is 3.36. The number of rotatable bonds is 0. The molecule has 1 aromatic carbocycles. The van der Waals surface area contributed by atoms with Crippen molar-refractivity contribution in [3.8, 4) is 5.75 Å². The lowest BCUT2D eigenvalue weighted by atomic mass is 9.99. The first-order chi connectivity index (χ1) is 6.20. The number of halogens is 2. The maximum atomic E-state index is 13.5. The lowest BCUT2D eigenvalue weighted by Gasteiger charge is -2.23. The smallest absolute Gasteiger partial charge is 0.168 e. The van der Waals surface area contributed by atoms with E-state index in [0.717, 1.165) is 12.0 Å². The molecule has 0 spiro atoms. The van der Waals surface area contributed by atoms with Crippen LogP contribution in [0.5, 0.6) is 5.75 Å². The molecule has 2 rings (SSSR count). The molecule has 1 atom stereocenters. The van der Waals surface area contributed by atoms with Gasteiger partial charge < -0.3 is 10.5 Å². The van der Waals surface area contributed by atoms with Crippen LogP contribution in [0.4, 0.5) is 4.39 Å². The predicted molar refractivity (Wildman–Crippen MR) is 55.4 cm³/mol. The third kappa shape index (κ3) is 1.70. The van der Waals surface area contributed by atoms with Gasteiger partial charge in [-0.05, 0) is 12.5 Å². The third-order valence-corrected chi connectivity index (χ3v) is 2.40. The van der Waals surface area contributed by atoms with E-state index >= 15 is 0 Å². The number of benzene rings is 1. The zero-order chi connectivity index (χ0) is 9.42. The van der Waals surface area contributed by atoms with Crippen molar-refractivity contribution >= 4 is 12.4 Å². The van der Waals surface area contributed by atoms with Crippen molar-refractivity contribution in [3.05, 3.63) is 29.1 Å². The Labute approximate surface area is 88.7 Å². The van der Waals surface area contributed by atoms with E-state index in [-0.39, 0.29) is 24.3 Å². The van der Waals surface area contributed by atoms with E-state index in [2.05, 4.69) is 0 Å². The maximum absolute atomic E-state index is 13.5. The number of fused-ring (bicyclic) bond motifs is 1. The van der Waals surface area contributed by atoms with Gasteiger partial charge in [-0.1, -0.05) is 12.1 Å². The summed E-state index contributed by atoms with van der Waals surface area (Å²) >= 11 is 0. The summed E-state index contributed by atoms with van der Waals surface area (Å²) in [5.74, 6) is 0.0754. The number of aryl methyl sites for hydroxylation is 1. The first-order valence-corrected chi connectivity index (χ1v) is 4.37. The van der Waals surface area contributed by atoms with E-state index in [1.165, 1.54) is 0 Å². The highest BCUT2D eigenvalue weighted by Gasteiger charge is 2.21. The average molecular weight is 218 g/mol. The van der Waals surface area contributed by atoms with Crippen LogP contribution in [-0.4, -0.2) is 6.61 Å².